The molecule has 2 aliphatic heterocycles. The molecule has 4 rings (SSSR count). The SMILES string of the molecule is O=C(NCc1cccnc1N1CCOCC1)Nc1ccc(NC(=O)[C@@H]2CCCO2)cc1. The molecule has 3 amide bonds. The van der Waals surface area contributed by atoms with Crippen LogP contribution in [0.1, 0.15) is 18.4 Å². The topological polar surface area (TPSA) is 105 Å². The minimum Gasteiger partial charge on any atom is -0.378 e. The Morgan fingerprint density at radius 1 is 1.03 bits per heavy atom. The molecule has 1 aromatic heterocycles. The Kier molecular flexibility index (Phi) is 6.96. The second kappa shape index (κ2) is 10.2. The Balaban J connectivity index is 1.28. The molecule has 3 N–H and O–H groups in total. The molecule has 2 aliphatic rings. The fourth-order valence-electron chi connectivity index (χ4n) is 3.62. The third-order valence-corrected chi connectivity index (χ3v) is 5.25. The second-order valence-electron chi connectivity index (χ2n) is 7.46. The van der Waals surface area contributed by atoms with Crippen molar-refractivity contribution in [3.05, 3.63) is 48.2 Å². The highest BCUT2D eigenvalue weighted by atomic mass is 16.5. The molecule has 0 bridgehead atoms. The minimum atomic E-state index is -0.376. The molecule has 0 spiro atoms. The van der Waals surface area contributed by atoms with E-state index in [2.05, 4.69) is 25.8 Å². The van der Waals surface area contributed by atoms with Crippen LogP contribution in [0.15, 0.2) is 42.6 Å². The van der Waals surface area contributed by atoms with Crippen LogP contribution in [0.25, 0.3) is 0 Å². The Morgan fingerprint density at radius 3 is 2.48 bits per heavy atom. The number of nitrogens with zero attached hydrogens (tertiary/aromatic N) is 2. The molecule has 0 aliphatic carbocycles. The number of nitrogens with one attached hydrogen (secondary N) is 3. The number of rotatable bonds is 6. The van der Waals surface area contributed by atoms with Gasteiger partial charge >= 0.3 is 6.03 Å². The molecule has 0 unspecified atom stereocenters. The van der Waals surface area contributed by atoms with Crippen LogP contribution in [-0.4, -0.2) is 55.9 Å². The number of aromatic nitrogens is 1. The predicted molar refractivity (Wildman–Crippen MR) is 117 cm³/mol. The van der Waals surface area contributed by atoms with Crippen molar-refractivity contribution in [3.63, 3.8) is 0 Å². The van der Waals surface area contributed by atoms with Gasteiger partial charge in [-0.1, -0.05) is 6.07 Å². The lowest BCUT2D eigenvalue weighted by Crippen LogP contribution is -2.38. The molecule has 2 saturated heterocycles. The van der Waals surface area contributed by atoms with Crippen molar-refractivity contribution in [2.45, 2.75) is 25.5 Å². The van der Waals surface area contributed by atoms with Crippen LogP contribution in [0.5, 0.6) is 0 Å². The zero-order valence-corrected chi connectivity index (χ0v) is 17.3. The standard InChI is InChI=1S/C22H27N5O4/c28-21(19-4-2-12-31-19)25-17-5-7-18(8-6-17)26-22(29)24-15-16-3-1-9-23-20(16)27-10-13-30-14-11-27/h1,3,5-9,19H,2,4,10-15H2,(H,25,28)(H2,24,26,29)/t19-/m0/s1. The zero-order valence-electron chi connectivity index (χ0n) is 17.3. The number of hydrogen-bond acceptors (Lipinski definition) is 6. The molecule has 9 heteroatoms. The molecule has 3 heterocycles. The van der Waals surface area contributed by atoms with E-state index in [1.165, 1.54) is 0 Å². The van der Waals surface area contributed by atoms with E-state index < -0.39 is 0 Å². The Morgan fingerprint density at radius 2 is 1.77 bits per heavy atom. The fraction of sp³-hybridized carbons (Fsp3) is 0.409. The summed E-state index contributed by atoms with van der Waals surface area (Å²) in [5, 5.41) is 8.52. The molecular weight excluding hydrogens is 398 g/mol. The largest absolute Gasteiger partial charge is 0.378 e. The molecule has 31 heavy (non-hydrogen) atoms. The first-order valence-corrected chi connectivity index (χ1v) is 10.5. The zero-order chi connectivity index (χ0) is 21.5. The first-order chi connectivity index (χ1) is 15.2. The van der Waals surface area contributed by atoms with Crippen LogP contribution < -0.4 is 20.9 Å². The van der Waals surface area contributed by atoms with E-state index in [4.69, 9.17) is 9.47 Å². The normalized spacial score (nSPS) is 18.5. The Bertz CT molecular complexity index is 893. The van der Waals surface area contributed by atoms with Crippen LogP contribution in [0.2, 0.25) is 0 Å². The first-order valence-electron chi connectivity index (χ1n) is 10.5. The maximum atomic E-state index is 12.3. The number of benzene rings is 1. The number of amides is 3. The van der Waals surface area contributed by atoms with E-state index in [9.17, 15) is 9.59 Å². The summed E-state index contributed by atoms with van der Waals surface area (Å²) >= 11 is 0. The number of anilines is 3. The summed E-state index contributed by atoms with van der Waals surface area (Å²) in [4.78, 5) is 31.1. The summed E-state index contributed by atoms with van der Waals surface area (Å²) in [6.45, 7) is 3.91. The molecule has 2 aromatic rings. The third kappa shape index (κ3) is 5.71. The average molecular weight is 425 g/mol. The van der Waals surface area contributed by atoms with E-state index in [1.54, 1.807) is 30.5 Å². The highest BCUT2D eigenvalue weighted by Gasteiger charge is 2.23. The van der Waals surface area contributed by atoms with Crippen molar-refractivity contribution in [1.82, 2.24) is 10.3 Å². The Labute approximate surface area is 181 Å². The lowest BCUT2D eigenvalue weighted by Gasteiger charge is -2.29. The summed E-state index contributed by atoms with van der Waals surface area (Å²) in [6, 6.07) is 10.5. The van der Waals surface area contributed by atoms with Crippen molar-refractivity contribution in [2.24, 2.45) is 0 Å². The molecule has 0 radical (unpaired) electrons. The number of carbonyl (C=O) groups excluding carboxylic acids is 2. The van der Waals surface area contributed by atoms with Gasteiger partial charge < -0.3 is 30.3 Å². The minimum absolute atomic E-state index is 0.136. The number of urea groups is 1. The highest BCUT2D eigenvalue weighted by molar-refractivity contribution is 5.95. The van der Waals surface area contributed by atoms with Crippen LogP contribution in [-0.2, 0) is 20.8 Å². The van der Waals surface area contributed by atoms with Gasteiger partial charge in [-0.15, -0.1) is 0 Å². The van der Waals surface area contributed by atoms with Gasteiger partial charge in [0.1, 0.15) is 11.9 Å². The molecule has 1 aromatic carbocycles. The van der Waals surface area contributed by atoms with E-state index in [0.717, 1.165) is 37.3 Å². The summed E-state index contributed by atoms with van der Waals surface area (Å²) in [6.07, 6.45) is 3.03. The van der Waals surface area contributed by atoms with E-state index in [1.807, 2.05) is 12.1 Å². The molecule has 164 valence electrons. The molecule has 0 saturated carbocycles. The highest BCUT2D eigenvalue weighted by Crippen LogP contribution is 2.19. The summed E-state index contributed by atoms with van der Waals surface area (Å²) in [5.41, 5.74) is 2.25. The monoisotopic (exact) mass is 425 g/mol. The van der Waals surface area contributed by atoms with Crippen molar-refractivity contribution >= 4 is 29.1 Å². The van der Waals surface area contributed by atoms with Gasteiger partial charge in [0.2, 0.25) is 0 Å². The van der Waals surface area contributed by atoms with Gasteiger partial charge in [0.25, 0.3) is 5.91 Å². The van der Waals surface area contributed by atoms with Gasteiger partial charge in [-0.2, -0.15) is 0 Å². The first kappa shape index (κ1) is 21.1. The van der Waals surface area contributed by atoms with Crippen molar-refractivity contribution in [1.29, 1.82) is 0 Å². The summed E-state index contributed by atoms with van der Waals surface area (Å²) in [5.74, 6) is 0.737. The van der Waals surface area contributed by atoms with Gasteiger partial charge in [0.15, 0.2) is 0 Å². The fourth-order valence-corrected chi connectivity index (χ4v) is 3.62. The lowest BCUT2D eigenvalue weighted by atomic mass is 10.2. The van der Waals surface area contributed by atoms with Gasteiger partial charge in [-0.25, -0.2) is 9.78 Å². The van der Waals surface area contributed by atoms with Crippen molar-refractivity contribution in [3.8, 4) is 0 Å². The molecule has 2 fully saturated rings. The molecular formula is C22H27N5O4. The van der Waals surface area contributed by atoms with Gasteiger partial charge in [0, 0.05) is 49.4 Å². The molecule has 9 nitrogen and oxygen atoms in total. The van der Waals surface area contributed by atoms with E-state index >= 15 is 0 Å². The van der Waals surface area contributed by atoms with Gasteiger partial charge in [-0.3, -0.25) is 4.79 Å². The van der Waals surface area contributed by atoms with Crippen LogP contribution in [0.3, 0.4) is 0 Å². The smallest absolute Gasteiger partial charge is 0.319 e. The lowest BCUT2D eigenvalue weighted by molar-refractivity contribution is -0.124. The van der Waals surface area contributed by atoms with Gasteiger partial charge in [0.05, 0.1) is 13.2 Å². The maximum Gasteiger partial charge on any atom is 0.319 e. The molecule has 1 atom stereocenters. The quantitative estimate of drug-likeness (QED) is 0.656. The van der Waals surface area contributed by atoms with E-state index in [0.29, 0.717) is 37.7 Å². The van der Waals surface area contributed by atoms with E-state index in [-0.39, 0.29) is 18.0 Å². The van der Waals surface area contributed by atoms with Crippen molar-refractivity contribution < 1.29 is 19.1 Å². The number of ether oxygens (including phenoxy) is 2. The van der Waals surface area contributed by atoms with Gasteiger partial charge in [-0.05, 0) is 43.2 Å². The summed E-state index contributed by atoms with van der Waals surface area (Å²) < 4.78 is 10.8. The number of carbonyl (C=O) groups is 2. The third-order valence-electron chi connectivity index (χ3n) is 5.25. The second-order valence-corrected chi connectivity index (χ2v) is 7.46. The number of hydrogen-bond donors (Lipinski definition) is 3. The Hall–Kier alpha value is -3.17. The summed E-state index contributed by atoms with van der Waals surface area (Å²) in [7, 11) is 0. The number of morpholine rings is 1. The van der Waals surface area contributed by atoms with Crippen LogP contribution in [0.4, 0.5) is 22.0 Å². The van der Waals surface area contributed by atoms with Crippen molar-refractivity contribution in [2.75, 3.05) is 48.4 Å². The number of pyridine rings is 1. The average Bonchev–Trinajstić information content (AvgIpc) is 3.35. The van der Waals surface area contributed by atoms with Crippen LogP contribution >= 0.6 is 0 Å². The van der Waals surface area contributed by atoms with Crippen LogP contribution in [0, 0.1) is 0 Å². The predicted octanol–water partition coefficient (Wildman–Crippen LogP) is 2.36. The maximum absolute atomic E-state index is 12.3.